The van der Waals surface area contributed by atoms with E-state index in [0.29, 0.717) is 23.9 Å². The minimum absolute atomic E-state index is 0.389. The third-order valence-corrected chi connectivity index (χ3v) is 8.74. The molecule has 4 rings (SSSR count). The van der Waals surface area contributed by atoms with Crippen molar-refractivity contribution in [3.05, 3.63) is 33.9 Å². The maximum Gasteiger partial charge on any atom is 0.243 e. The highest BCUT2D eigenvalue weighted by molar-refractivity contribution is 9.10. The van der Waals surface area contributed by atoms with Crippen LogP contribution in [0.2, 0.25) is 0 Å². The predicted molar refractivity (Wildman–Crippen MR) is 104 cm³/mol. The number of rotatable bonds is 4. The van der Waals surface area contributed by atoms with Gasteiger partial charge in [-0.15, -0.1) is 11.3 Å². The van der Waals surface area contributed by atoms with Crippen molar-refractivity contribution in [3.8, 4) is 10.4 Å². The fourth-order valence-electron chi connectivity index (χ4n) is 3.53. The maximum absolute atomic E-state index is 13.0. The van der Waals surface area contributed by atoms with Gasteiger partial charge in [0.1, 0.15) is 0 Å². The van der Waals surface area contributed by atoms with E-state index in [-0.39, 0.29) is 0 Å². The van der Waals surface area contributed by atoms with Crippen LogP contribution in [-0.4, -0.2) is 30.8 Å². The first-order chi connectivity index (χ1) is 12.1. The molecular weight excluding hydrogens is 420 g/mol. The highest BCUT2D eigenvalue weighted by Gasteiger charge is 2.32. The van der Waals surface area contributed by atoms with Crippen LogP contribution in [0.25, 0.3) is 10.4 Å². The third-order valence-electron chi connectivity index (χ3n) is 5.12. The van der Waals surface area contributed by atoms with E-state index in [0.717, 1.165) is 26.3 Å². The van der Waals surface area contributed by atoms with Gasteiger partial charge in [0.25, 0.3) is 0 Å². The molecule has 0 amide bonds. The van der Waals surface area contributed by atoms with Gasteiger partial charge in [-0.3, -0.25) is 0 Å². The molecule has 0 bridgehead atoms. The van der Waals surface area contributed by atoms with Crippen molar-refractivity contribution in [2.45, 2.75) is 49.3 Å². The van der Waals surface area contributed by atoms with Crippen LogP contribution in [0.3, 0.4) is 0 Å². The molecule has 134 valence electrons. The molecule has 4 nitrogen and oxygen atoms in total. The van der Waals surface area contributed by atoms with Crippen LogP contribution in [0.5, 0.6) is 0 Å². The lowest BCUT2D eigenvalue weighted by Gasteiger charge is -2.30. The van der Waals surface area contributed by atoms with E-state index in [1.807, 2.05) is 18.3 Å². The Morgan fingerprint density at radius 3 is 2.56 bits per heavy atom. The van der Waals surface area contributed by atoms with Gasteiger partial charge in [0, 0.05) is 35.2 Å². The van der Waals surface area contributed by atoms with Crippen LogP contribution in [0.1, 0.15) is 49.5 Å². The molecule has 2 aliphatic rings. The lowest BCUT2D eigenvalue weighted by Crippen LogP contribution is -2.42. The molecule has 1 saturated carbocycles. The lowest BCUT2D eigenvalue weighted by molar-refractivity contribution is 0.309. The summed E-state index contributed by atoms with van der Waals surface area (Å²) in [6.07, 6.45) is 9.05. The van der Waals surface area contributed by atoms with Crippen LogP contribution < -0.4 is 0 Å². The second kappa shape index (κ2) is 7.10. The first-order valence-corrected chi connectivity index (χ1v) is 11.9. The fourth-order valence-corrected chi connectivity index (χ4v) is 6.98. The molecule has 0 spiro atoms. The van der Waals surface area contributed by atoms with Crippen molar-refractivity contribution in [2.75, 3.05) is 13.1 Å². The Kier molecular flexibility index (Phi) is 5.01. The zero-order valence-corrected chi connectivity index (χ0v) is 17.2. The number of nitrogens with zero attached hydrogens (tertiary/aromatic N) is 2. The zero-order valence-electron chi connectivity index (χ0n) is 13.9. The summed E-state index contributed by atoms with van der Waals surface area (Å²) in [7, 11) is -3.44. The minimum atomic E-state index is -3.44. The maximum atomic E-state index is 13.0. The number of hydrogen-bond acceptors (Lipinski definition) is 4. The summed E-state index contributed by atoms with van der Waals surface area (Å²) in [5.41, 5.74) is 0.773. The summed E-state index contributed by atoms with van der Waals surface area (Å²) < 4.78 is 28.3. The SMILES string of the molecule is O=S(=O)(c1cc(Br)ccc1-c1cnc(C2CCCCC2)s1)N1CCC1. The van der Waals surface area contributed by atoms with Gasteiger partial charge in [-0.05, 0) is 31.4 Å². The number of benzene rings is 1. The standard InChI is InChI=1S/C18H21BrN2O2S2/c19-14-7-8-15(17(11-14)25(22,23)21-9-4-10-21)16-12-20-18(24-16)13-5-2-1-3-6-13/h7-8,11-13H,1-6,9-10H2. The van der Waals surface area contributed by atoms with E-state index in [4.69, 9.17) is 0 Å². The Balaban J connectivity index is 1.72. The quantitative estimate of drug-likeness (QED) is 0.670. The van der Waals surface area contributed by atoms with Gasteiger partial charge >= 0.3 is 0 Å². The van der Waals surface area contributed by atoms with Gasteiger partial charge in [0.2, 0.25) is 10.0 Å². The summed E-state index contributed by atoms with van der Waals surface area (Å²) in [5.74, 6) is 0.540. The topological polar surface area (TPSA) is 50.3 Å². The Labute approximate surface area is 161 Å². The molecule has 2 heterocycles. The average molecular weight is 441 g/mol. The first-order valence-electron chi connectivity index (χ1n) is 8.81. The van der Waals surface area contributed by atoms with Gasteiger partial charge in [-0.1, -0.05) is 41.3 Å². The number of sulfonamides is 1. The van der Waals surface area contributed by atoms with E-state index in [2.05, 4.69) is 20.9 Å². The molecule has 1 saturated heterocycles. The Bertz CT molecular complexity index is 869. The van der Waals surface area contributed by atoms with Crippen molar-refractivity contribution in [2.24, 2.45) is 0 Å². The van der Waals surface area contributed by atoms with E-state index in [9.17, 15) is 8.42 Å². The van der Waals surface area contributed by atoms with Crippen molar-refractivity contribution < 1.29 is 8.42 Å². The van der Waals surface area contributed by atoms with Crippen LogP contribution >= 0.6 is 27.3 Å². The molecule has 1 aromatic heterocycles. The number of halogens is 1. The molecule has 0 unspecified atom stereocenters. The largest absolute Gasteiger partial charge is 0.249 e. The smallest absolute Gasteiger partial charge is 0.243 e. The van der Waals surface area contributed by atoms with Crippen LogP contribution in [0.15, 0.2) is 33.8 Å². The molecule has 1 aliphatic heterocycles. The molecule has 0 atom stereocenters. The van der Waals surface area contributed by atoms with Crippen molar-refractivity contribution >= 4 is 37.3 Å². The van der Waals surface area contributed by atoms with Gasteiger partial charge in [0.05, 0.1) is 14.8 Å². The number of thiazole rings is 1. The van der Waals surface area contributed by atoms with Crippen molar-refractivity contribution in [3.63, 3.8) is 0 Å². The molecular formula is C18H21BrN2O2S2. The Hall–Kier alpha value is -0.760. The van der Waals surface area contributed by atoms with E-state index >= 15 is 0 Å². The molecule has 0 N–H and O–H groups in total. The Morgan fingerprint density at radius 2 is 1.88 bits per heavy atom. The van der Waals surface area contributed by atoms with Crippen LogP contribution in [0, 0.1) is 0 Å². The summed E-state index contributed by atoms with van der Waals surface area (Å²) >= 11 is 5.08. The predicted octanol–water partition coefficient (Wildman–Crippen LogP) is 5.01. The lowest BCUT2D eigenvalue weighted by atomic mass is 9.90. The summed E-state index contributed by atoms with van der Waals surface area (Å²) in [6.45, 7) is 1.23. The zero-order chi connectivity index (χ0) is 17.4. The molecule has 1 aromatic carbocycles. The highest BCUT2D eigenvalue weighted by atomic mass is 79.9. The molecule has 0 radical (unpaired) electrons. The minimum Gasteiger partial charge on any atom is -0.249 e. The first kappa shape index (κ1) is 17.6. The van der Waals surface area contributed by atoms with E-state index in [1.165, 1.54) is 32.1 Å². The van der Waals surface area contributed by atoms with Crippen LogP contribution in [-0.2, 0) is 10.0 Å². The third kappa shape index (κ3) is 3.44. The van der Waals surface area contributed by atoms with E-state index in [1.54, 1.807) is 21.7 Å². The van der Waals surface area contributed by atoms with Gasteiger partial charge < -0.3 is 0 Å². The highest BCUT2D eigenvalue weighted by Crippen LogP contribution is 2.40. The second-order valence-electron chi connectivity index (χ2n) is 6.80. The van der Waals surface area contributed by atoms with Crippen LogP contribution in [0.4, 0.5) is 0 Å². The summed E-state index contributed by atoms with van der Waals surface area (Å²) in [6, 6.07) is 5.53. The normalized spacial score (nSPS) is 19.7. The number of hydrogen-bond donors (Lipinski definition) is 0. The fraction of sp³-hybridized carbons (Fsp3) is 0.500. The molecule has 25 heavy (non-hydrogen) atoms. The summed E-state index contributed by atoms with van der Waals surface area (Å²) in [4.78, 5) is 5.98. The number of aromatic nitrogens is 1. The van der Waals surface area contributed by atoms with Crippen molar-refractivity contribution in [1.29, 1.82) is 0 Å². The molecule has 7 heteroatoms. The van der Waals surface area contributed by atoms with Crippen molar-refractivity contribution in [1.82, 2.24) is 9.29 Å². The Morgan fingerprint density at radius 1 is 1.12 bits per heavy atom. The van der Waals surface area contributed by atoms with Gasteiger partial charge in [-0.2, -0.15) is 4.31 Å². The van der Waals surface area contributed by atoms with Gasteiger partial charge in [0.15, 0.2) is 0 Å². The second-order valence-corrected chi connectivity index (χ2v) is 10.7. The van der Waals surface area contributed by atoms with E-state index < -0.39 is 10.0 Å². The van der Waals surface area contributed by atoms with Gasteiger partial charge in [-0.25, -0.2) is 13.4 Å². The average Bonchev–Trinajstić information content (AvgIpc) is 3.03. The molecule has 1 aliphatic carbocycles. The monoisotopic (exact) mass is 440 g/mol. The summed E-state index contributed by atoms with van der Waals surface area (Å²) in [5, 5.41) is 1.16. The molecule has 2 aromatic rings. The molecule has 2 fully saturated rings.